The molecule has 5 heteroatoms. The van der Waals surface area contributed by atoms with Gasteiger partial charge in [0.1, 0.15) is 6.54 Å². The Labute approximate surface area is 135 Å². The van der Waals surface area contributed by atoms with Crippen LogP contribution in [0.25, 0.3) is 0 Å². The summed E-state index contributed by atoms with van der Waals surface area (Å²) in [6, 6.07) is 10.8. The van der Waals surface area contributed by atoms with Crippen LogP contribution in [-0.2, 0) is 16.7 Å². The van der Waals surface area contributed by atoms with Crippen molar-refractivity contribution in [3.8, 4) is 0 Å². The third kappa shape index (κ3) is 8.97. The molecule has 1 rings (SSSR count). The summed E-state index contributed by atoms with van der Waals surface area (Å²) in [6.45, 7) is 16.5. The van der Waals surface area contributed by atoms with Gasteiger partial charge in [0.15, 0.2) is 0 Å². The van der Waals surface area contributed by atoms with Crippen molar-refractivity contribution in [3.05, 3.63) is 48.0 Å². The third-order valence-electron chi connectivity index (χ3n) is 3.80. The highest BCUT2D eigenvalue weighted by molar-refractivity contribution is 7.85. The Hall–Kier alpha value is -1.17. The minimum absolute atomic E-state index is 0.375. The highest BCUT2D eigenvalue weighted by atomic mass is 32.2. The van der Waals surface area contributed by atoms with E-state index in [-0.39, 0.29) is 0 Å². The monoisotopic (exact) mass is 327 g/mol. The number of hydrogen-bond donors (Lipinski definition) is 0. The summed E-state index contributed by atoms with van der Waals surface area (Å²) in [5.74, 6) is -0.451. The SMILES string of the molecule is C=C(C)CS(=O)(=O)[O-].CC[N+](CC)(CC)Cc1ccccc1. The van der Waals surface area contributed by atoms with Crippen LogP contribution in [-0.4, -0.2) is 42.8 Å². The molecule has 0 unspecified atom stereocenters. The van der Waals surface area contributed by atoms with Crippen LogP contribution in [0.2, 0.25) is 0 Å². The molecule has 0 N–H and O–H groups in total. The molecule has 0 heterocycles. The van der Waals surface area contributed by atoms with E-state index in [4.69, 9.17) is 0 Å². The van der Waals surface area contributed by atoms with Crippen molar-refractivity contribution in [2.75, 3.05) is 25.4 Å². The summed E-state index contributed by atoms with van der Waals surface area (Å²) in [5, 5.41) is 0. The first-order valence-corrected chi connectivity index (χ1v) is 9.22. The Balaban J connectivity index is 0.000000472. The first kappa shape index (κ1) is 20.8. The number of nitrogens with zero attached hydrogens (tertiary/aromatic N) is 1. The molecule has 0 aliphatic rings. The van der Waals surface area contributed by atoms with Gasteiger partial charge in [-0.15, -0.1) is 0 Å². The van der Waals surface area contributed by atoms with Gasteiger partial charge < -0.3 is 9.04 Å². The average Bonchev–Trinajstić information content (AvgIpc) is 2.44. The Bertz CT molecular complexity index is 526. The fourth-order valence-electron chi connectivity index (χ4n) is 2.28. The van der Waals surface area contributed by atoms with Gasteiger partial charge in [0.05, 0.1) is 35.5 Å². The Morgan fingerprint density at radius 1 is 1.09 bits per heavy atom. The van der Waals surface area contributed by atoms with E-state index >= 15 is 0 Å². The van der Waals surface area contributed by atoms with Crippen LogP contribution >= 0.6 is 0 Å². The average molecular weight is 327 g/mol. The number of rotatable bonds is 7. The van der Waals surface area contributed by atoms with Gasteiger partial charge in [-0.3, -0.25) is 0 Å². The largest absolute Gasteiger partial charge is 0.748 e. The lowest BCUT2D eigenvalue weighted by atomic mass is 10.2. The maximum absolute atomic E-state index is 9.83. The lowest BCUT2D eigenvalue weighted by Gasteiger charge is -2.35. The molecule has 0 saturated carbocycles. The van der Waals surface area contributed by atoms with Crippen LogP contribution in [0.1, 0.15) is 33.3 Å². The number of benzene rings is 1. The molecule has 1 aromatic rings. The zero-order valence-corrected chi connectivity index (χ0v) is 15.0. The van der Waals surface area contributed by atoms with Crippen LogP contribution in [0.4, 0.5) is 0 Å². The topological polar surface area (TPSA) is 57.2 Å². The van der Waals surface area contributed by atoms with Crippen LogP contribution in [0.5, 0.6) is 0 Å². The lowest BCUT2D eigenvalue weighted by Crippen LogP contribution is -2.46. The first-order valence-electron chi connectivity index (χ1n) is 7.65. The molecule has 0 aliphatic heterocycles. The van der Waals surface area contributed by atoms with Crippen LogP contribution < -0.4 is 0 Å². The molecule has 0 bridgehead atoms. The molecule has 4 nitrogen and oxygen atoms in total. The van der Waals surface area contributed by atoms with E-state index in [2.05, 4.69) is 57.7 Å². The minimum atomic E-state index is -4.07. The highest BCUT2D eigenvalue weighted by Crippen LogP contribution is 2.13. The molecule has 0 aromatic heterocycles. The molecule has 0 spiro atoms. The van der Waals surface area contributed by atoms with E-state index in [0.717, 1.165) is 0 Å². The van der Waals surface area contributed by atoms with Gasteiger partial charge in [0, 0.05) is 5.56 Å². The van der Waals surface area contributed by atoms with E-state index in [0.29, 0.717) is 5.57 Å². The van der Waals surface area contributed by atoms with E-state index in [1.807, 2.05) is 0 Å². The second-order valence-corrected chi connectivity index (χ2v) is 7.00. The lowest BCUT2D eigenvalue weighted by molar-refractivity contribution is -0.936. The molecule has 0 atom stereocenters. The molecule has 1 aromatic carbocycles. The molecule has 0 aliphatic carbocycles. The van der Waals surface area contributed by atoms with E-state index in [1.165, 1.54) is 43.1 Å². The second-order valence-electron chi connectivity index (χ2n) is 5.59. The Morgan fingerprint density at radius 3 is 1.82 bits per heavy atom. The van der Waals surface area contributed by atoms with E-state index in [1.54, 1.807) is 0 Å². The van der Waals surface area contributed by atoms with Crippen LogP contribution in [0.3, 0.4) is 0 Å². The summed E-state index contributed by atoms with van der Waals surface area (Å²) in [4.78, 5) is 0. The van der Waals surface area contributed by atoms with Gasteiger partial charge >= 0.3 is 0 Å². The zero-order valence-electron chi connectivity index (χ0n) is 14.2. The maximum Gasteiger partial charge on any atom is 0.104 e. The molecule has 0 amide bonds. The standard InChI is InChI=1S/C13H22N.C4H8O3S/c1-4-14(5-2,6-3)12-13-10-8-7-9-11-13;1-4(2)3-8(5,6)7/h7-11H,4-6,12H2,1-3H3;1,3H2,2H3,(H,5,6,7)/q+1;/p-1. The molecule has 0 radical (unpaired) electrons. The Morgan fingerprint density at radius 2 is 1.55 bits per heavy atom. The predicted molar refractivity (Wildman–Crippen MR) is 91.4 cm³/mol. The minimum Gasteiger partial charge on any atom is -0.748 e. The predicted octanol–water partition coefficient (Wildman–Crippen LogP) is 3.17. The van der Waals surface area contributed by atoms with Gasteiger partial charge in [0.25, 0.3) is 0 Å². The highest BCUT2D eigenvalue weighted by Gasteiger charge is 2.20. The molecule has 0 fully saturated rings. The third-order valence-corrected chi connectivity index (χ3v) is 4.64. The fraction of sp³-hybridized carbons (Fsp3) is 0.529. The molecule has 22 heavy (non-hydrogen) atoms. The van der Waals surface area contributed by atoms with Crippen molar-refractivity contribution < 1.29 is 17.5 Å². The smallest absolute Gasteiger partial charge is 0.104 e. The van der Waals surface area contributed by atoms with E-state index < -0.39 is 15.9 Å². The second kappa shape index (κ2) is 9.77. The summed E-state index contributed by atoms with van der Waals surface area (Å²) in [6.07, 6.45) is 0. The van der Waals surface area contributed by atoms with Crippen molar-refractivity contribution in [2.45, 2.75) is 34.2 Å². The molecular formula is C17H29NO3S. The summed E-state index contributed by atoms with van der Waals surface area (Å²) in [5.41, 5.74) is 1.83. The Kier molecular flexibility index (Phi) is 9.25. The summed E-state index contributed by atoms with van der Waals surface area (Å²) in [7, 11) is -4.07. The fourth-order valence-corrected chi connectivity index (χ4v) is 2.88. The van der Waals surface area contributed by atoms with Gasteiger partial charge in [0.2, 0.25) is 0 Å². The number of hydrogen-bond acceptors (Lipinski definition) is 3. The van der Waals surface area contributed by atoms with Crippen molar-refractivity contribution >= 4 is 10.1 Å². The van der Waals surface area contributed by atoms with E-state index in [9.17, 15) is 13.0 Å². The number of quaternary nitrogens is 1. The van der Waals surface area contributed by atoms with Gasteiger partial charge in [-0.1, -0.05) is 42.5 Å². The maximum atomic E-state index is 9.83. The molecule has 126 valence electrons. The van der Waals surface area contributed by atoms with Crippen LogP contribution in [0, 0.1) is 0 Å². The van der Waals surface area contributed by atoms with Crippen LogP contribution in [0.15, 0.2) is 42.5 Å². The van der Waals surface area contributed by atoms with Crippen molar-refractivity contribution in [1.29, 1.82) is 0 Å². The summed E-state index contributed by atoms with van der Waals surface area (Å²) < 4.78 is 30.7. The molecule has 0 saturated heterocycles. The van der Waals surface area contributed by atoms with Crippen molar-refractivity contribution in [1.82, 2.24) is 0 Å². The summed E-state index contributed by atoms with van der Waals surface area (Å²) >= 11 is 0. The zero-order chi connectivity index (χ0) is 17.2. The normalized spacial score (nSPS) is 11.5. The first-order chi connectivity index (χ1) is 10.2. The quantitative estimate of drug-likeness (QED) is 0.439. The van der Waals surface area contributed by atoms with Gasteiger partial charge in [-0.2, -0.15) is 0 Å². The van der Waals surface area contributed by atoms with Crippen molar-refractivity contribution in [3.63, 3.8) is 0 Å². The van der Waals surface area contributed by atoms with Gasteiger partial charge in [-0.25, -0.2) is 8.42 Å². The van der Waals surface area contributed by atoms with Crippen molar-refractivity contribution in [2.24, 2.45) is 0 Å². The molecular weight excluding hydrogens is 298 g/mol. The van der Waals surface area contributed by atoms with Gasteiger partial charge in [-0.05, 0) is 27.7 Å².